The average Bonchev–Trinajstić information content (AvgIpc) is 3.14. The van der Waals surface area contributed by atoms with Gasteiger partial charge in [-0.05, 0) is 63.8 Å². The molecular formula is C28H35N3O3. The molecule has 0 aliphatic carbocycles. The van der Waals surface area contributed by atoms with Gasteiger partial charge in [-0.25, -0.2) is 0 Å². The van der Waals surface area contributed by atoms with Crippen molar-refractivity contribution in [3.8, 4) is 0 Å². The standard InChI is InChI=1S/C28H35N3O3/c1-18-12-13-24-21(16-18)19(2)25(34-24)26(32)31-15-9-7-10-20(31)17-23(22-11-6-8-14-29-22)30-27(33)28(3,4)5/h6,8,11-14,16,20,23H,7,9-10,15,17H2,1-5H3,(H,30,33)/t20-,23+/m1/s1. The molecule has 3 aromatic rings. The van der Waals surface area contributed by atoms with Crippen molar-refractivity contribution in [3.63, 3.8) is 0 Å². The zero-order valence-corrected chi connectivity index (χ0v) is 20.9. The van der Waals surface area contributed by atoms with E-state index in [-0.39, 0.29) is 23.9 Å². The van der Waals surface area contributed by atoms with Gasteiger partial charge in [0.05, 0.1) is 11.7 Å². The number of nitrogens with zero attached hydrogens (tertiary/aromatic N) is 2. The zero-order valence-electron chi connectivity index (χ0n) is 20.9. The molecule has 3 heterocycles. The van der Waals surface area contributed by atoms with Crippen molar-refractivity contribution in [3.05, 3.63) is 65.2 Å². The molecule has 6 heteroatoms. The highest BCUT2D eigenvalue weighted by Gasteiger charge is 2.34. The van der Waals surface area contributed by atoms with Gasteiger partial charge in [0.2, 0.25) is 5.91 Å². The molecule has 1 N–H and O–H groups in total. The minimum absolute atomic E-state index is 0.0112. The van der Waals surface area contributed by atoms with Gasteiger partial charge in [0, 0.05) is 35.1 Å². The van der Waals surface area contributed by atoms with Crippen LogP contribution in [0.25, 0.3) is 11.0 Å². The fourth-order valence-electron chi connectivity index (χ4n) is 4.66. The van der Waals surface area contributed by atoms with E-state index in [1.807, 2.05) is 69.9 Å². The van der Waals surface area contributed by atoms with Gasteiger partial charge in [0.15, 0.2) is 5.76 Å². The first-order valence-corrected chi connectivity index (χ1v) is 12.2. The number of amides is 2. The molecule has 2 atom stereocenters. The van der Waals surface area contributed by atoms with Crippen LogP contribution in [0.15, 0.2) is 47.0 Å². The van der Waals surface area contributed by atoms with Crippen LogP contribution in [-0.4, -0.2) is 34.3 Å². The molecule has 1 saturated heterocycles. The largest absolute Gasteiger partial charge is 0.451 e. The van der Waals surface area contributed by atoms with Crippen molar-refractivity contribution in [2.24, 2.45) is 5.41 Å². The lowest BCUT2D eigenvalue weighted by Gasteiger charge is -2.37. The molecule has 4 rings (SSSR count). The van der Waals surface area contributed by atoms with Crippen molar-refractivity contribution in [1.82, 2.24) is 15.2 Å². The minimum Gasteiger partial charge on any atom is -0.451 e. The minimum atomic E-state index is -0.515. The predicted molar refractivity (Wildman–Crippen MR) is 134 cm³/mol. The number of rotatable bonds is 5. The quantitative estimate of drug-likeness (QED) is 0.526. The summed E-state index contributed by atoms with van der Waals surface area (Å²) < 4.78 is 6.04. The Morgan fingerprint density at radius 1 is 1.18 bits per heavy atom. The fraction of sp³-hybridized carbons (Fsp3) is 0.464. The molecule has 2 aromatic heterocycles. The van der Waals surface area contributed by atoms with E-state index in [1.54, 1.807) is 6.20 Å². The predicted octanol–water partition coefficient (Wildman–Crippen LogP) is 5.73. The summed E-state index contributed by atoms with van der Waals surface area (Å²) in [6, 6.07) is 11.5. The lowest BCUT2D eigenvalue weighted by atomic mass is 9.91. The highest BCUT2D eigenvalue weighted by molar-refractivity contribution is 5.99. The number of aromatic nitrogens is 1. The van der Waals surface area contributed by atoms with Crippen LogP contribution in [-0.2, 0) is 4.79 Å². The van der Waals surface area contributed by atoms with Crippen molar-refractivity contribution in [2.45, 2.75) is 72.4 Å². The third-order valence-corrected chi connectivity index (χ3v) is 6.71. The van der Waals surface area contributed by atoms with Gasteiger partial charge in [-0.2, -0.15) is 0 Å². The Hall–Kier alpha value is -3.15. The number of aryl methyl sites for hydroxylation is 2. The van der Waals surface area contributed by atoms with Crippen LogP contribution in [0.3, 0.4) is 0 Å². The molecule has 0 bridgehead atoms. The first kappa shape index (κ1) is 24.0. The van der Waals surface area contributed by atoms with E-state index < -0.39 is 5.41 Å². The molecule has 0 spiro atoms. The Balaban J connectivity index is 1.62. The Morgan fingerprint density at radius 3 is 2.68 bits per heavy atom. The van der Waals surface area contributed by atoms with Crippen LogP contribution in [0.5, 0.6) is 0 Å². The second-order valence-corrected chi connectivity index (χ2v) is 10.5. The van der Waals surface area contributed by atoms with Crippen molar-refractivity contribution >= 4 is 22.8 Å². The Bertz CT molecular complexity index is 1180. The molecule has 180 valence electrons. The highest BCUT2D eigenvalue weighted by Crippen LogP contribution is 2.32. The lowest BCUT2D eigenvalue weighted by Crippen LogP contribution is -2.47. The topological polar surface area (TPSA) is 75.4 Å². The first-order chi connectivity index (χ1) is 16.1. The number of hydrogen-bond acceptors (Lipinski definition) is 4. The lowest BCUT2D eigenvalue weighted by molar-refractivity contribution is -0.129. The first-order valence-electron chi connectivity index (χ1n) is 12.2. The summed E-state index contributed by atoms with van der Waals surface area (Å²) in [6.45, 7) is 10.4. The molecule has 1 fully saturated rings. The number of pyridine rings is 1. The molecule has 1 aromatic carbocycles. The SMILES string of the molecule is Cc1ccc2oc(C(=O)N3CCCC[C@@H]3C[C@H](NC(=O)C(C)(C)C)c3ccccn3)c(C)c2c1. The molecule has 0 unspecified atom stereocenters. The summed E-state index contributed by atoms with van der Waals surface area (Å²) in [7, 11) is 0. The summed E-state index contributed by atoms with van der Waals surface area (Å²) >= 11 is 0. The smallest absolute Gasteiger partial charge is 0.290 e. The second kappa shape index (κ2) is 9.61. The normalized spacial score (nSPS) is 17.6. The molecule has 6 nitrogen and oxygen atoms in total. The summed E-state index contributed by atoms with van der Waals surface area (Å²) in [4.78, 5) is 33.0. The zero-order chi connectivity index (χ0) is 24.5. The number of likely N-dealkylation sites (tertiary alicyclic amines) is 1. The molecule has 0 radical (unpaired) electrons. The van der Waals surface area contributed by atoms with Crippen molar-refractivity contribution < 1.29 is 14.0 Å². The third kappa shape index (κ3) is 5.01. The monoisotopic (exact) mass is 461 g/mol. The van der Waals surface area contributed by atoms with Gasteiger partial charge >= 0.3 is 0 Å². The number of benzene rings is 1. The van der Waals surface area contributed by atoms with Gasteiger partial charge in [-0.15, -0.1) is 0 Å². The van der Waals surface area contributed by atoms with Gasteiger partial charge in [-0.3, -0.25) is 14.6 Å². The average molecular weight is 462 g/mol. The highest BCUT2D eigenvalue weighted by atomic mass is 16.3. The number of carbonyl (C=O) groups excluding carboxylic acids is 2. The van der Waals surface area contributed by atoms with Crippen LogP contribution in [0.2, 0.25) is 0 Å². The summed E-state index contributed by atoms with van der Waals surface area (Å²) in [5.74, 6) is 0.318. The Kier molecular flexibility index (Phi) is 6.78. The van der Waals surface area contributed by atoms with Crippen molar-refractivity contribution in [1.29, 1.82) is 0 Å². The molecule has 34 heavy (non-hydrogen) atoms. The maximum Gasteiger partial charge on any atom is 0.290 e. The van der Waals surface area contributed by atoms with Gasteiger partial charge < -0.3 is 14.6 Å². The molecule has 1 aliphatic heterocycles. The molecule has 2 amide bonds. The van der Waals surface area contributed by atoms with Crippen LogP contribution in [0.1, 0.15) is 79.9 Å². The van der Waals surface area contributed by atoms with Crippen LogP contribution >= 0.6 is 0 Å². The number of carbonyl (C=O) groups is 2. The fourth-order valence-corrected chi connectivity index (χ4v) is 4.66. The van der Waals surface area contributed by atoms with E-state index >= 15 is 0 Å². The maximum absolute atomic E-state index is 13.7. The number of furan rings is 1. The Labute approximate surface area is 201 Å². The van der Waals surface area contributed by atoms with E-state index in [9.17, 15) is 9.59 Å². The van der Waals surface area contributed by atoms with Crippen LogP contribution < -0.4 is 5.32 Å². The van der Waals surface area contributed by atoms with Crippen molar-refractivity contribution in [2.75, 3.05) is 6.54 Å². The number of nitrogens with one attached hydrogen (secondary N) is 1. The molecule has 0 saturated carbocycles. The number of fused-ring (bicyclic) bond motifs is 1. The summed E-state index contributed by atoms with van der Waals surface area (Å²) in [6.07, 6.45) is 5.26. The van der Waals surface area contributed by atoms with Gasteiger partial charge in [0.25, 0.3) is 5.91 Å². The van der Waals surface area contributed by atoms with E-state index in [4.69, 9.17) is 4.42 Å². The maximum atomic E-state index is 13.7. The molecular weight excluding hydrogens is 426 g/mol. The number of piperidine rings is 1. The molecule has 1 aliphatic rings. The van der Waals surface area contributed by atoms with Crippen LogP contribution in [0.4, 0.5) is 0 Å². The second-order valence-electron chi connectivity index (χ2n) is 10.5. The van der Waals surface area contributed by atoms with E-state index in [0.717, 1.165) is 47.1 Å². The van der Waals surface area contributed by atoms with Gasteiger partial charge in [0.1, 0.15) is 5.58 Å². The third-order valence-electron chi connectivity index (χ3n) is 6.71. The van der Waals surface area contributed by atoms with Gasteiger partial charge in [-0.1, -0.05) is 38.5 Å². The van der Waals surface area contributed by atoms with Crippen LogP contribution in [0, 0.1) is 19.3 Å². The number of hydrogen-bond donors (Lipinski definition) is 1. The van der Waals surface area contributed by atoms with E-state index in [2.05, 4.69) is 16.4 Å². The summed E-state index contributed by atoms with van der Waals surface area (Å²) in [5.41, 5.74) is 3.06. The Morgan fingerprint density at radius 2 is 1.97 bits per heavy atom. The van der Waals surface area contributed by atoms with E-state index in [0.29, 0.717) is 18.7 Å². The van der Waals surface area contributed by atoms with E-state index in [1.165, 1.54) is 0 Å². The summed E-state index contributed by atoms with van der Waals surface area (Å²) in [5, 5.41) is 4.18.